The van der Waals surface area contributed by atoms with Crippen LogP contribution in [-0.4, -0.2) is 31.5 Å². The lowest BCUT2D eigenvalue weighted by atomic mass is 10.3. The molecule has 0 aliphatic carbocycles. The van der Waals surface area contributed by atoms with E-state index in [-0.39, 0.29) is 15.7 Å². The van der Waals surface area contributed by atoms with Crippen molar-refractivity contribution in [2.45, 2.75) is 11.1 Å². The lowest BCUT2D eigenvalue weighted by molar-refractivity contribution is 0.0590. The van der Waals surface area contributed by atoms with Gasteiger partial charge in [-0.15, -0.1) is 11.3 Å². The SMILES string of the molecule is COC(=O)c1ncsc1S(=O)(=O)Nc1ncccc1C. The highest BCUT2D eigenvalue weighted by Gasteiger charge is 2.27. The van der Waals surface area contributed by atoms with Crippen LogP contribution in [0.5, 0.6) is 0 Å². The first-order chi connectivity index (χ1) is 9.45. The Labute approximate surface area is 119 Å². The van der Waals surface area contributed by atoms with Gasteiger partial charge in [-0.25, -0.2) is 23.2 Å². The Balaban J connectivity index is 2.40. The number of carbonyl (C=O) groups is 1. The zero-order chi connectivity index (χ0) is 14.8. The molecule has 9 heteroatoms. The highest BCUT2D eigenvalue weighted by Crippen LogP contribution is 2.24. The Hall–Kier alpha value is -2.00. The summed E-state index contributed by atoms with van der Waals surface area (Å²) < 4.78 is 31.2. The molecule has 0 bridgehead atoms. The number of aromatic nitrogens is 2. The quantitative estimate of drug-likeness (QED) is 0.857. The molecular weight excluding hydrogens is 302 g/mol. The maximum atomic E-state index is 12.3. The summed E-state index contributed by atoms with van der Waals surface area (Å²) >= 11 is 0.835. The number of aryl methyl sites for hydroxylation is 1. The number of sulfonamides is 1. The van der Waals surface area contributed by atoms with Crippen LogP contribution in [0, 0.1) is 6.92 Å². The van der Waals surface area contributed by atoms with E-state index in [9.17, 15) is 13.2 Å². The molecule has 2 aromatic rings. The van der Waals surface area contributed by atoms with Gasteiger partial charge in [-0.2, -0.15) is 0 Å². The molecular formula is C11H11N3O4S2. The zero-order valence-corrected chi connectivity index (χ0v) is 12.3. The molecule has 2 aromatic heterocycles. The summed E-state index contributed by atoms with van der Waals surface area (Å²) in [5, 5.41) is 0. The molecule has 0 aliphatic rings. The highest BCUT2D eigenvalue weighted by molar-refractivity contribution is 7.94. The largest absolute Gasteiger partial charge is 0.464 e. The summed E-state index contributed by atoms with van der Waals surface area (Å²) in [5.41, 5.74) is 1.70. The Bertz CT molecular complexity index is 740. The average molecular weight is 313 g/mol. The van der Waals surface area contributed by atoms with E-state index in [1.165, 1.54) is 11.7 Å². The summed E-state index contributed by atoms with van der Waals surface area (Å²) in [6, 6.07) is 3.42. The third-order valence-electron chi connectivity index (χ3n) is 2.40. The van der Waals surface area contributed by atoms with Crippen LogP contribution in [-0.2, 0) is 14.8 Å². The maximum Gasteiger partial charge on any atom is 0.358 e. The Morgan fingerprint density at radius 3 is 2.80 bits per heavy atom. The number of methoxy groups -OCH3 is 1. The fourth-order valence-electron chi connectivity index (χ4n) is 1.42. The molecule has 0 unspecified atom stereocenters. The number of thiazole rings is 1. The van der Waals surface area contributed by atoms with Crippen LogP contribution in [0.3, 0.4) is 0 Å². The molecule has 0 aromatic carbocycles. The number of hydrogen-bond acceptors (Lipinski definition) is 7. The van der Waals surface area contributed by atoms with Crippen molar-refractivity contribution in [2.24, 2.45) is 0 Å². The Kier molecular flexibility index (Phi) is 4.00. The molecule has 1 N–H and O–H groups in total. The third kappa shape index (κ3) is 2.78. The van der Waals surface area contributed by atoms with Crippen LogP contribution >= 0.6 is 11.3 Å². The molecule has 0 fully saturated rings. The third-order valence-corrected chi connectivity index (χ3v) is 5.11. The average Bonchev–Trinajstić information content (AvgIpc) is 2.90. The second-order valence-corrected chi connectivity index (χ2v) is 6.49. The lowest BCUT2D eigenvalue weighted by Crippen LogP contribution is -2.17. The number of rotatable bonds is 4. The van der Waals surface area contributed by atoms with Crippen molar-refractivity contribution in [3.63, 3.8) is 0 Å². The number of nitrogens with zero attached hydrogens (tertiary/aromatic N) is 2. The first kappa shape index (κ1) is 14.4. The first-order valence-corrected chi connectivity index (χ1v) is 7.78. The van der Waals surface area contributed by atoms with Crippen LogP contribution in [0.4, 0.5) is 5.82 Å². The minimum atomic E-state index is -3.94. The van der Waals surface area contributed by atoms with Gasteiger partial charge >= 0.3 is 5.97 Å². The van der Waals surface area contributed by atoms with Crippen molar-refractivity contribution in [3.8, 4) is 0 Å². The van der Waals surface area contributed by atoms with Crippen LogP contribution in [0.15, 0.2) is 28.0 Å². The van der Waals surface area contributed by atoms with E-state index in [1.807, 2.05) is 0 Å². The van der Waals surface area contributed by atoms with E-state index < -0.39 is 16.0 Å². The van der Waals surface area contributed by atoms with E-state index >= 15 is 0 Å². The molecule has 0 spiro atoms. The van der Waals surface area contributed by atoms with Gasteiger partial charge in [0.15, 0.2) is 9.90 Å². The predicted octanol–water partition coefficient (Wildman–Crippen LogP) is 1.43. The minimum Gasteiger partial charge on any atom is -0.464 e. The van der Waals surface area contributed by atoms with Crippen LogP contribution < -0.4 is 4.72 Å². The summed E-state index contributed by atoms with van der Waals surface area (Å²) in [7, 11) is -2.77. The Morgan fingerprint density at radius 2 is 2.15 bits per heavy atom. The summed E-state index contributed by atoms with van der Waals surface area (Å²) in [6.45, 7) is 1.72. The smallest absolute Gasteiger partial charge is 0.358 e. The molecule has 7 nitrogen and oxygen atoms in total. The van der Waals surface area contributed by atoms with Gasteiger partial charge in [-0.3, -0.25) is 4.72 Å². The molecule has 106 valence electrons. The number of carbonyl (C=O) groups excluding carboxylic acids is 1. The fraction of sp³-hybridized carbons (Fsp3) is 0.182. The van der Waals surface area contributed by atoms with Crippen LogP contribution in [0.2, 0.25) is 0 Å². The molecule has 0 aliphatic heterocycles. The molecule has 0 saturated carbocycles. The standard InChI is InChI=1S/C11H11N3O4S2/c1-7-4-3-5-12-9(7)14-20(16,17)11-8(10(15)18-2)13-6-19-11/h3-6H,1-2H3,(H,12,14). The van der Waals surface area contributed by atoms with Gasteiger partial charge in [-0.1, -0.05) is 6.07 Å². The molecule has 20 heavy (non-hydrogen) atoms. The van der Waals surface area contributed by atoms with E-state index in [1.54, 1.807) is 19.1 Å². The topological polar surface area (TPSA) is 98.2 Å². The molecule has 2 rings (SSSR count). The number of nitrogens with one attached hydrogen (secondary N) is 1. The van der Waals surface area contributed by atoms with Gasteiger partial charge in [0.05, 0.1) is 12.6 Å². The molecule has 0 saturated heterocycles. The van der Waals surface area contributed by atoms with Gasteiger partial charge in [-0.05, 0) is 18.6 Å². The number of anilines is 1. The molecule has 2 heterocycles. The van der Waals surface area contributed by atoms with Gasteiger partial charge in [0.1, 0.15) is 5.82 Å². The zero-order valence-electron chi connectivity index (χ0n) is 10.7. The van der Waals surface area contributed by atoms with Crippen molar-refractivity contribution in [1.82, 2.24) is 9.97 Å². The van der Waals surface area contributed by atoms with Crippen molar-refractivity contribution >= 4 is 33.1 Å². The van der Waals surface area contributed by atoms with Gasteiger partial charge < -0.3 is 4.74 Å². The highest BCUT2D eigenvalue weighted by atomic mass is 32.2. The van der Waals surface area contributed by atoms with E-state index in [2.05, 4.69) is 19.4 Å². The van der Waals surface area contributed by atoms with Gasteiger partial charge in [0.2, 0.25) is 0 Å². The lowest BCUT2D eigenvalue weighted by Gasteiger charge is -2.08. The van der Waals surface area contributed by atoms with Crippen molar-refractivity contribution < 1.29 is 17.9 Å². The fourth-order valence-corrected chi connectivity index (χ4v) is 3.64. The van der Waals surface area contributed by atoms with Gasteiger partial charge in [0.25, 0.3) is 10.0 Å². The van der Waals surface area contributed by atoms with Crippen LogP contribution in [0.25, 0.3) is 0 Å². The number of pyridine rings is 1. The van der Waals surface area contributed by atoms with Crippen molar-refractivity contribution in [3.05, 3.63) is 35.1 Å². The number of esters is 1. The summed E-state index contributed by atoms with van der Waals surface area (Å²) in [6.07, 6.45) is 1.47. The van der Waals surface area contributed by atoms with E-state index in [0.717, 1.165) is 18.4 Å². The second-order valence-electron chi connectivity index (χ2n) is 3.75. The number of ether oxygens (including phenoxy) is 1. The summed E-state index contributed by atoms with van der Waals surface area (Å²) in [5.74, 6) is -0.596. The van der Waals surface area contributed by atoms with Crippen LogP contribution in [0.1, 0.15) is 16.1 Å². The predicted molar refractivity (Wildman–Crippen MR) is 73.2 cm³/mol. The normalized spacial score (nSPS) is 11.1. The van der Waals surface area contributed by atoms with E-state index in [4.69, 9.17) is 0 Å². The summed E-state index contributed by atoms with van der Waals surface area (Å²) in [4.78, 5) is 19.1. The maximum absolute atomic E-state index is 12.3. The molecule has 0 amide bonds. The first-order valence-electron chi connectivity index (χ1n) is 5.42. The minimum absolute atomic E-state index is 0.200. The van der Waals surface area contributed by atoms with E-state index in [0.29, 0.717) is 5.56 Å². The van der Waals surface area contributed by atoms with Crippen molar-refractivity contribution in [2.75, 3.05) is 11.8 Å². The van der Waals surface area contributed by atoms with Gasteiger partial charge in [0, 0.05) is 6.20 Å². The molecule has 0 atom stereocenters. The second kappa shape index (κ2) is 5.55. The Morgan fingerprint density at radius 1 is 1.40 bits per heavy atom. The number of hydrogen-bond donors (Lipinski definition) is 1. The van der Waals surface area contributed by atoms with Crippen molar-refractivity contribution in [1.29, 1.82) is 0 Å². The molecule has 0 radical (unpaired) electrons. The monoisotopic (exact) mass is 313 g/mol.